The molecule has 3 fully saturated rings. The van der Waals surface area contributed by atoms with Crippen molar-refractivity contribution in [2.45, 2.75) is 97.3 Å². The Labute approximate surface area is 219 Å². The van der Waals surface area contributed by atoms with Gasteiger partial charge in [-0.15, -0.1) is 0 Å². The summed E-state index contributed by atoms with van der Waals surface area (Å²) in [6.07, 6.45) is 5.96. The molecule has 0 aromatic carbocycles. The number of Topliss-reactive ketones (excluding diaryl/α,β-unsaturated/α-hetero) is 1. The van der Waals surface area contributed by atoms with E-state index < -0.39 is 17.7 Å². The zero-order chi connectivity index (χ0) is 26.1. The molecular formula is C25H45IN4O4. The van der Waals surface area contributed by atoms with Gasteiger partial charge < -0.3 is 20.9 Å². The molecule has 3 aliphatic rings. The molecule has 0 bridgehead atoms. The van der Waals surface area contributed by atoms with E-state index >= 15 is 0 Å². The Bertz CT molecular complexity index is 693. The third-order valence-electron chi connectivity index (χ3n) is 6.77. The predicted molar refractivity (Wildman–Crippen MR) is 144 cm³/mol. The first kappa shape index (κ1) is 30.8. The summed E-state index contributed by atoms with van der Waals surface area (Å²) in [7, 11) is 1.88. The number of rotatable bonds is 10. The van der Waals surface area contributed by atoms with Crippen molar-refractivity contribution in [2.24, 2.45) is 17.3 Å². The zero-order valence-corrected chi connectivity index (χ0v) is 24.1. The van der Waals surface area contributed by atoms with Crippen molar-refractivity contribution >= 4 is 46.6 Å². The van der Waals surface area contributed by atoms with E-state index in [2.05, 4.69) is 71.1 Å². The lowest BCUT2D eigenvalue weighted by Crippen LogP contribution is -2.53. The first-order valence-corrected chi connectivity index (χ1v) is 14.6. The number of likely N-dealkylation sites (N-methyl/N-ethyl adjacent to an activating group) is 1. The Balaban J connectivity index is 0.000000317. The number of nitrogens with zero attached hydrogens (tertiary/aromatic N) is 1. The van der Waals surface area contributed by atoms with E-state index in [1.165, 1.54) is 6.42 Å². The van der Waals surface area contributed by atoms with Crippen molar-refractivity contribution in [1.82, 2.24) is 20.9 Å². The number of nitrogens with one attached hydrogen (secondary N) is 3. The number of piperidine rings is 1. The van der Waals surface area contributed by atoms with Gasteiger partial charge in [-0.25, -0.2) is 0 Å². The SMILES string of the molecule is CCCC[C@H](NC=O)C(=O)C(=O)NC1CC1.CI.CNC(C(=O)N1C[C@@H]2C[C@@H]2C1C)C(C)(C)C. The molecule has 2 aliphatic carbocycles. The van der Waals surface area contributed by atoms with Crippen molar-refractivity contribution in [3.05, 3.63) is 0 Å². The fourth-order valence-corrected chi connectivity index (χ4v) is 4.53. The van der Waals surface area contributed by atoms with Crippen LogP contribution in [0.5, 0.6) is 0 Å². The van der Waals surface area contributed by atoms with Crippen LogP contribution < -0.4 is 16.0 Å². The molecule has 0 aromatic rings. The molecular weight excluding hydrogens is 547 g/mol. The third-order valence-corrected chi connectivity index (χ3v) is 6.77. The highest BCUT2D eigenvalue weighted by Crippen LogP contribution is 2.49. The highest BCUT2D eigenvalue weighted by Gasteiger charge is 2.53. The number of amides is 3. The second-order valence-electron chi connectivity index (χ2n) is 10.6. The first-order chi connectivity index (χ1) is 16.0. The molecule has 0 radical (unpaired) electrons. The van der Waals surface area contributed by atoms with Gasteiger partial charge in [0.25, 0.3) is 5.91 Å². The van der Waals surface area contributed by atoms with Gasteiger partial charge in [-0.05, 0) is 61.8 Å². The van der Waals surface area contributed by atoms with Gasteiger partial charge in [-0.3, -0.25) is 19.2 Å². The van der Waals surface area contributed by atoms with Crippen LogP contribution in [0.15, 0.2) is 0 Å². The number of carbonyl (C=O) groups is 4. The van der Waals surface area contributed by atoms with Crippen molar-refractivity contribution in [1.29, 1.82) is 0 Å². The van der Waals surface area contributed by atoms with Crippen molar-refractivity contribution in [3.63, 3.8) is 0 Å². The fraction of sp³-hybridized carbons (Fsp3) is 0.840. The highest BCUT2D eigenvalue weighted by molar-refractivity contribution is 14.1. The minimum Gasteiger partial charge on any atom is -0.348 e. The summed E-state index contributed by atoms with van der Waals surface area (Å²) >= 11 is 2.15. The van der Waals surface area contributed by atoms with Gasteiger partial charge in [0.05, 0.1) is 12.1 Å². The molecule has 3 amide bonds. The smallest absolute Gasteiger partial charge is 0.289 e. The molecule has 9 heteroatoms. The minimum atomic E-state index is -0.670. The zero-order valence-electron chi connectivity index (χ0n) is 21.9. The Morgan fingerprint density at radius 3 is 2.21 bits per heavy atom. The number of carbonyl (C=O) groups excluding carboxylic acids is 4. The molecule has 1 aliphatic heterocycles. The normalized spacial score (nSPS) is 24.2. The van der Waals surface area contributed by atoms with Crippen molar-refractivity contribution in [3.8, 4) is 0 Å². The summed E-state index contributed by atoms with van der Waals surface area (Å²) in [6.45, 7) is 11.5. The van der Waals surface area contributed by atoms with Crippen LogP contribution in [0.4, 0.5) is 0 Å². The van der Waals surface area contributed by atoms with Crippen molar-refractivity contribution in [2.75, 3.05) is 18.5 Å². The molecule has 3 rings (SSSR count). The van der Waals surface area contributed by atoms with Crippen LogP contribution in [0.2, 0.25) is 0 Å². The average molecular weight is 593 g/mol. The van der Waals surface area contributed by atoms with E-state index in [0.29, 0.717) is 18.9 Å². The lowest BCUT2D eigenvalue weighted by molar-refractivity contribution is -0.139. The van der Waals surface area contributed by atoms with Gasteiger partial charge in [-0.1, -0.05) is 63.1 Å². The molecule has 3 N–H and O–H groups in total. The number of hydrogen-bond donors (Lipinski definition) is 3. The number of alkyl halides is 1. The van der Waals surface area contributed by atoms with Crippen LogP contribution in [-0.2, 0) is 19.2 Å². The molecule has 1 saturated heterocycles. The van der Waals surface area contributed by atoms with Crippen molar-refractivity contribution < 1.29 is 19.2 Å². The molecule has 0 spiro atoms. The second-order valence-corrected chi connectivity index (χ2v) is 10.6. The Morgan fingerprint density at radius 2 is 1.79 bits per heavy atom. The molecule has 2 unspecified atom stereocenters. The maximum atomic E-state index is 12.5. The molecule has 5 atom stereocenters. The van der Waals surface area contributed by atoms with Gasteiger partial charge in [0.15, 0.2) is 0 Å². The summed E-state index contributed by atoms with van der Waals surface area (Å²) < 4.78 is 0. The summed E-state index contributed by atoms with van der Waals surface area (Å²) in [6, 6.07) is -0.112. The number of unbranched alkanes of at least 4 members (excludes halogenated alkanes) is 1. The maximum Gasteiger partial charge on any atom is 0.289 e. The van der Waals surface area contributed by atoms with E-state index in [1.807, 2.05) is 18.9 Å². The van der Waals surface area contributed by atoms with E-state index in [4.69, 9.17) is 0 Å². The summed E-state index contributed by atoms with van der Waals surface area (Å²) in [5.41, 5.74) is -0.0155. The molecule has 0 aromatic heterocycles. The number of fused-ring (bicyclic) bond motifs is 1. The topological polar surface area (TPSA) is 108 Å². The molecule has 8 nitrogen and oxygen atoms in total. The van der Waals surface area contributed by atoms with E-state index in [1.54, 1.807) is 0 Å². The minimum absolute atomic E-state index is 0.0155. The predicted octanol–water partition coefficient (Wildman–Crippen LogP) is 2.68. The van der Waals surface area contributed by atoms with Crippen LogP contribution in [-0.4, -0.2) is 71.6 Å². The molecule has 2 saturated carbocycles. The molecule has 34 heavy (non-hydrogen) atoms. The third kappa shape index (κ3) is 9.09. The standard InChI is InChI=1S/C13H24N2O.C11H18N2O3.CH3I/c1-8-10-6-9(10)7-15(8)12(16)11(14-5)13(2,3)4;1-2-3-4-9(12-7-14)10(15)11(16)13-8-5-6-8;1-2/h8-11,14H,6-7H2,1-5H3;7-9H,2-6H2,1H3,(H,12,14)(H,13,16);1H3/t8?,9-,10+,11?;9-;/m00./s1. The Kier molecular flexibility index (Phi) is 13.0. The fourth-order valence-electron chi connectivity index (χ4n) is 4.53. The van der Waals surface area contributed by atoms with E-state index in [0.717, 1.165) is 44.1 Å². The number of hydrogen-bond acceptors (Lipinski definition) is 5. The quantitative estimate of drug-likeness (QED) is 0.157. The van der Waals surface area contributed by atoms with Crippen LogP contribution in [0.25, 0.3) is 0 Å². The largest absolute Gasteiger partial charge is 0.348 e. The van der Waals surface area contributed by atoms with E-state index in [-0.39, 0.29) is 23.4 Å². The highest BCUT2D eigenvalue weighted by atomic mass is 127. The van der Waals surface area contributed by atoms with Gasteiger partial charge in [0.2, 0.25) is 18.1 Å². The van der Waals surface area contributed by atoms with Gasteiger partial charge in [-0.2, -0.15) is 0 Å². The molecule has 1 heterocycles. The number of ketones is 1. The lowest BCUT2D eigenvalue weighted by atomic mass is 9.85. The van der Waals surface area contributed by atoms with Crippen LogP contribution in [0, 0.1) is 17.3 Å². The Hall–Kier alpha value is -1.23. The number of halogens is 1. The van der Waals surface area contributed by atoms with Crippen LogP contribution >= 0.6 is 22.6 Å². The first-order valence-electron chi connectivity index (χ1n) is 12.4. The summed E-state index contributed by atoms with van der Waals surface area (Å²) in [5, 5.41) is 8.20. The van der Waals surface area contributed by atoms with Gasteiger partial charge in [0, 0.05) is 18.6 Å². The molecule has 196 valence electrons. The summed E-state index contributed by atoms with van der Waals surface area (Å²) in [5.74, 6) is 0.776. The van der Waals surface area contributed by atoms with E-state index in [9.17, 15) is 19.2 Å². The monoisotopic (exact) mass is 592 g/mol. The van der Waals surface area contributed by atoms with Crippen LogP contribution in [0.1, 0.15) is 73.1 Å². The number of likely N-dealkylation sites (tertiary alicyclic amines) is 1. The Morgan fingerprint density at radius 1 is 1.18 bits per heavy atom. The lowest BCUT2D eigenvalue weighted by Gasteiger charge is -2.35. The summed E-state index contributed by atoms with van der Waals surface area (Å²) in [4.78, 5) is 50.0. The average Bonchev–Trinajstić information content (AvgIpc) is 3.72. The maximum absolute atomic E-state index is 12.5. The van der Waals surface area contributed by atoms with Gasteiger partial charge >= 0.3 is 0 Å². The van der Waals surface area contributed by atoms with Gasteiger partial charge in [0.1, 0.15) is 0 Å². The second kappa shape index (κ2) is 14.4. The van der Waals surface area contributed by atoms with Crippen LogP contribution in [0.3, 0.4) is 0 Å².